The number of carbonyl (C=O) groups is 1. The molecule has 0 aliphatic rings. The monoisotopic (exact) mass is 246 g/mol. The van der Waals surface area contributed by atoms with Crippen LogP contribution in [0.1, 0.15) is 20.3 Å². The largest absolute Gasteiger partial charge is 0.465 e. The third kappa shape index (κ3) is 6.00. The Morgan fingerprint density at radius 3 is 2.53 bits per heavy atom. The molecule has 5 nitrogen and oxygen atoms in total. The van der Waals surface area contributed by atoms with E-state index in [9.17, 15) is 4.79 Å². The minimum atomic E-state index is -0.614. The summed E-state index contributed by atoms with van der Waals surface area (Å²) in [5.74, 6) is -0.192. The second-order valence-corrected chi connectivity index (χ2v) is 4.35. The van der Waals surface area contributed by atoms with E-state index in [-0.39, 0.29) is 5.97 Å². The molecule has 17 heavy (non-hydrogen) atoms. The molecule has 0 aromatic heterocycles. The summed E-state index contributed by atoms with van der Waals surface area (Å²) < 4.78 is 10.1. The molecular formula is C12H26N2O3. The zero-order valence-electron chi connectivity index (χ0n) is 11.7. The SMILES string of the molecule is CCOC(=O)C(C)(CCN(C)CCOC)NC. The van der Waals surface area contributed by atoms with Crippen LogP contribution >= 0.6 is 0 Å². The quantitative estimate of drug-likeness (QED) is 0.600. The molecule has 1 N–H and O–H groups in total. The number of rotatable bonds is 9. The van der Waals surface area contributed by atoms with Gasteiger partial charge >= 0.3 is 5.97 Å². The Hall–Kier alpha value is -0.650. The molecule has 0 aromatic rings. The fraction of sp³-hybridized carbons (Fsp3) is 0.917. The van der Waals surface area contributed by atoms with Gasteiger partial charge in [-0.2, -0.15) is 0 Å². The van der Waals surface area contributed by atoms with Crippen molar-refractivity contribution in [1.82, 2.24) is 10.2 Å². The van der Waals surface area contributed by atoms with Crippen molar-refractivity contribution in [2.24, 2.45) is 0 Å². The molecule has 1 atom stereocenters. The standard InChI is InChI=1S/C12H26N2O3/c1-6-17-11(15)12(2,13-3)7-8-14(4)9-10-16-5/h13H,6-10H2,1-5H3. The summed E-state index contributed by atoms with van der Waals surface area (Å²) >= 11 is 0. The van der Waals surface area contributed by atoms with Crippen LogP contribution < -0.4 is 5.32 Å². The van der Waals surface area contributed by atoms with Crippen LogP contribution in [0.15, 0.2) is 0 Å². The van der Waals surface area contributed by atoms with Crippen LogP contribution in [0.25, 0.3) is 0 Å². The average molecular weight is 246 g/mol. The lowest BCUT2D eigenvalue weighted by Crippen LogP contribution is -2.50. The van der Waals surface area contributed by atoms with Crippen molar-refractivity contribution in [3.8, 4) is 0 Å². The molecule has 0 radical (unpaired) electrons. The summed E-state index contributed by atoms with van der Waals surface area (Å²) in [6.07, 6.45) is 0.711. The highest BCUT2D eigenvalue weighted by Crippen LogP contribution is 2.12. The predicted octanol–water partition coefficient (Wildman–Crippen LogP) is 0.496. The summed E-state index contributed by atoms with van der Waals surface area (Å²) in [7, 11) is 5.48. The van der Waals surface area contributed by atoms with Gasteiger partial charge in [-0.05, 0) is 34.4 Å². The maximum atomic E-state index is 11.8. The molecule has 5 heteroatoms. The molecule has 0 fully saturated rings. The van der Waals surface area contributed by atoms with E-state index in [0.29, 0.717) is 19.6 Å². The highest BCUT2D eigenvalue weighted by atomic mass is 16.5. The number of likely N-dealkylation sites (N-methyl/N-ethyl adjacent to an activating group) is 2. The second kappa shape index (κ2) is 8.44. The van der Waals surface area contributed by atoms with Gasteiger partial charge in [0.2, 0.25) is 0 Å². The topological polar surface area (TPSA) is 50.8 Å². The lowest BCUT2D eigenvalue weighted by molar-refractivity contribution is -0.150. The molecule has 0 spiro atoms. The molecule has 1 unspecified atom stereocenters. The molecule has 0 bridgehead atoms. The first-order valence-electron chi connectivity index (χ1n) is 6.03. The Morgan fingerprint density at radius 2 is 2.06 bits per heavy atom. The molecule has 0 saturated heterocycles. The molecule has 0 aliphatic carbocycles. The van der Waals surface area contributed by atoms with Crippen molar-refractivity contribution < 1.29 is 14.3 Å². The van der Waals surface area contributed by atoms with Gasteiger partial charge in [0.25, 0.3) is 0 Å². The first-order valence-corrected chi connectivity index (χ1v) is 6.03. The molecular weight excluding hydrogens is 220 g/mol. The van der Waals surface area contributed by atoms with Crippen molar-refractivity contribution in [2.45, 2.75) is 25.8 Å². The molecule has 0 aliphatic heterocycles. The number of methoxy groups -OCH3 is 1. The van der Waals surface area contributed by atoms with Crippen molar-refractivity contribution in [1.29, 1.82) is 0 Å². The lowest BCUT2D eigenvalue weighted by Gasteiger charge is -2.28. The highest BCUT2D eigenvalue weighted by Gasteiger charge is 2.32. The number of carbonyl (C=O) groups excluding carboxylic acids is 1. The van der Waals surface area contributed by atoms with Gasteiger partial charge in [0.1, 0.15) is 5.54 Å². The van der Waals surface area contributed by atoms with E-state index in [0.717, 1.165) is 13.1 Å². The van der Waals surface area contributed by atoms with Crippen LogP contribution in [-0.2, 0) is 14.3 Å². The van der Waals surface area contributed by atoms with E-state index < -0.39 is 5.54 Å². The third-order valence-electron chi connectivity index (χ3n) is 2.95. The smallest absolute Gasteiger partial charge is 0.326 e. The number of esters is 1. The lowest BCUT2D eigenvalue weighted by atomic mass is 9.98. The van der Waals surface area contributed by atoms with Crippen LogP contribution in [0, 0.1) is 0 Å². The van der Waals surface area contributed by atoms with E-state index in [4.69, 9.17) is 9.47 Å². The van der Waals surface area contributed by atoms with Gasteiger partial charge in [-0.3, -0.25) is 4.79 Å². The van der Waals surface area contributed by atoms with Gasteiger partial charge in [0.15, 0.2) is 0 Å². The number of hydrogen-bond donors (Lipinski definition) is 1. The minimum absolute atomic E-state index is 0.192. The highest BCUT2D eigenvalue weighted by molar-refractivity contribution is 5.80. The van der Waals surface area contributed by atoms with Gasteiger partial charge in [-0.25, -0.2) is 0 Å². The van der Waals surface area contributed by atoms with Gasteiger partial charge in [-0.1, -0.05) is 0 Å². The molecule has 0 heterocycles. The maximum absolute atomic E-state index is 11.8. The van der Waals surface area contributed by atoms with Crippen molar-refractivity contribution >= 4 is 5.97 Å². The molecule has 0 saturated carbocycles. The summed E-state index contributed by atoms with van der Waals surface area (Å²) in [4.78, 5) is 13.9. The fourth-order valence-electron chi connectivity index (χ4n) is 1.39. The maximum Gasteiger partial charge on any atom is 0.326 e. The second-order valence-electron chi connectivity index (χ2n) is 4.35. The molecule has 102 valence electrons. The van der Waals surface area contributed by atoms with E-state index in [2.05, 4.69) is 10.2 Å². The van der Waals surface area contributed by atoms with E-state index in [1.54, 1.807) is 14.2 Å². The molecule has 0 amide bonds. The zero-order valence-corrected chi connectivity index (χ0v) is 11.7. The normalized spacial score (nSPS) is 14.7. The van der Waals surface area contributed by atoms with Crippen LogP contribution in [-0.4, -0.2) is 63.9 Å². The Labute approximate surface area is 104 Å². The Kier molecular flexibility index (Phi) is 8.12. The van der Waals surface area contributed by atoms with E-state index in [1.807, 2.05) is 20.9 Å². The Balaban J connectivity index is 4.15. The van der Waals surface area contributed by atoms with Gasteiger partial charge < -0.3 is 19.7 Å². The van der Waals surface area contributed by atoms with E-state index >= 15 is 0 Å². The number of nitrogens with one attached hydrogen (secondary N) is 1. The summed E-state index contributed by atoms with van der Waals surface area (Å²) in [5, 5.41) is 3.04. The van der Waals surface area contributed by atoms with Crippen LogP contribution in [0.4, 0.5) is 0 Å². The first kappa shape index (κ1) is 16.4. The first-order chi connectivity index (χ1) is 8.00. The summed E-state index contributed by atoms with van der Waals surface area (Å²) in [6.45, 7) is 6.48. The summed E-state index contributed by atoms with van der Waals surface area (Å²) in [6, 6.07) is 0. The Morgan fingerprint density at radius 1 is 1.41 bits per heavy atom. The van der Waals surface area contributed by atoms with Crippen molar-refractivity contribution in [3.05, 3.63) is 0 Å². The van der Waals surface area contributed by atoms with Crippen LogP contribution in [0.2, 0.25) is 0 Å². The third-order valence-corrected chi connectivity index (χ3v) is 2.95. The van der Waals surface area contributed by atoms with Crippen LogP contribution in [0.3, 0.4) is 0 Å². The Bertz CT molecular complexity index is 224. The minimum Gasteiger partial charge on any atom is -0.465 e. The zero-order chi connectivity index (χ0) is 13.3. The molecule has 0 aromatic carbocycles. The summed E-state index contributed by atoms with van der Waals surface area (Å²) in [5.41, 5.74) is -0.614. The van der Waals surface area contributed by atoms with Gasteiger partial charge in [0, 0.05) is 20.2 Å². The average Bonchev–Trinajstić information content (AvgIpc) is 2.33. The molecule has 0 rings (SSSR count). The number of hydrogen-bond acceptors (Lipinski definition) is 5. The van der Waals surface area contributed by atoms with Crippen molar-refractivity contribution in [3.63, 3.8) is 0 Å². The van der Waals surface area contributed by atoms with Gasteiger partial charge in [0.05, 0.1) is 13.2 Å². The predicted molar refractivity (Wildman–Crippen MR) is 68.1 cm³/mol. The van der Waals surface area contributed by atoms with Gasteiger partial charge in [-0.15, -0.1) is 0 Å². The number of ether oxygens (including phenoxy) is 2. The van der Waals surface area contributed by atoms with Crippen molar-refractivity contribution in [2.75, 3.05) is 47.5 Å². The van der Waals surface area contributed by atoms with Crippen LogP contribution in [0.5, 0.6) is 0 Å². The van der Waals surface area contributed by atoms with E-state index in [1.165, 1.54) is 0 Å². The number of nitrogens with zero attached hydrogens (tertiary/aromatic N) is 1. The fourth-order valence-corrected chi connectivity index (χ4v) is 1.39.